The maximum absolute atomic E-state index is 5.87. The Morgan fingerprint density at radius 3 is 2.50 bits per heavy atom. The molecule has 1 heterocycles. The molecule has 0 aromatic rings. The largest absolute Gasteiger partial charge is 0.329 e. The van der Waals surface area contributed by atoms with Crippen molar-refractivity contribution in [3.05, 3.63) is 0 Å². The van der Waals surface area contributed by atoms with Gasteiger partial charge in [0.25, 0.3) is 0 Å². The highest BCUT2D eigenvalue weighted by Gasteiger charge is 2.44. The molecular weight excluding hydrogens is 148 g/mol. The second kappa shape index (κ2) is 3.00. The van der Waals surface area contributed by atoms with Crippen LogP contribution in [-0.2, 0) is 0 Å². The average Bonchev–Trinajstić information content (AvgIpc) is 2.36. The summed E-state index contributed by atoms with van der Waals surface area (Å²) >= 11 is 0. The Balaban J connectivity index is 2.05. The molecule has 0 aromatic carbocycles. The summed E-state index contributed by atoms with van der Waals surface area (Å²) in [4.78, 5) is 2.66. The zero-order chi connectivity index (χ0) is 8.60. The minimum absolute atomic E-state index is 0.427. The van der Waals surface area contributed by atoms with Crippen LogP contribution < -0.4 is 5.73 Å². The predicted molar refractivity (Wildman–Crippen MR) is 51.0 cm³/mol. The highest BCUT2D eigenvalue weighted by molar-refractivity contribution is 5.02. The number of nitrogens with zero attached hydrogens (tertiary/aromatic N) is 1. The van der Waals surface area contributed by atoms with Crippen LogP contribution >= 0.6 is 0 Å². The van der Waals surface area contributed by atoms with E-state index in [0.29, 0.717) is 5.54 Å². The van der Waals surface area contributed by atoms with E-state index in [4.69, 9.17) is 5.73 Å². The van der Waals surface area contributed by atoms with Gasteiger partial charge in [-0.15, -0.1) is 0 Å². The fraction of sp³-hybridized carbons (Fsp3) is 1.00. The Kier molecular flexibility index (Phi) is 2.13. The Morgan fingerprint density at radius 2 is 2.17 bits per heavy atom. The van der Waals surface area contributed by atoms with Gasteiger partial charge in [-0.25, -0.2) is 0 Å². The van der Waals surface area contributed by atoms with Crippen LogP contribution in [0.4, 0.5) is 0 Å². The summed E-state index contributed by atoms with van der Waals surface area (Å²) in [6, 6.07) is 0.786. The van der Waals surface area contributed by atoms with Gasteiger partial charge in [0, 0.05) is 18.1 Å². The third-order valence-electron chi connectivity index (χ3n) is 3.83. The van der Waals surface area contributed by atoms with Gasteiger partial charge in [-0.3, -0.25) is 4.90 Å². The van der Waals surface area contributed by atoms with Gasteiger partial charge in [0.15, 0.2) is 0 Å². The molecule has 0 radical (unpaired) electrons. The maximum atomic E-state index is 5.87. The molecule has 12 heavy (non-hydrogen) atoms. The number of likely N-dealkylation sites (tertiary alicyclic amines) is 1. The first-order valence-electron chi connectivity index (χ1n) is 5.25. The third kappa shape index (κ3) is 1.09. The van der Waals surface area contributed by atoms with Crippen molar-refractivity contribution in [1.82, 2.24) is 4.90 Å². The van der Waals surface area contributed by atoms with Gasteiger partial charge in [-0.05, 0) is 45.6 Å². The van der Waals surface area contributed by atoms with Gasteiger partial charge in [0.1, 0.15) is 0 Å². The standard InChI is InChI=1S/C10H20N2/c1-9-4-2-7-12(9)10(8-11)5-3-6-10/h9H,2-8,11H2,1H3. The van der Waals surface area contributed by atoms with E-state index in [1.807, 2.05) is 0 Å². The number of rotatable bonds is 2. The van der Waals surface area contributed by atoms with Crippen molar-refractivity contribution in [2.24, 2.45) is 5.73 Å². The van der Waals surface area contributed by atoms with Gasteiger partial charge in [0.2, 0.25) is 0 Å². The first-order valence-corrected chi connectivity index (χ1v) is 5.25. The minimum atomic E-state index is 0.427. The van der Waals surface area contributed by atoms with E-state index in [-0.39, 0.29) is 0 Å². The molecule has 1 aliphatic heterocycles. The van der Waals surface area contributed by atoms with Crippen molar-refractivity contribution in [2.75, 3.05) is 13.1 Å². The first kappa shape index (κ1) is 8.52. The van der Waals surface area contributed by atoms with Crippen LogP contribution in [0.5, 0.6) is 0 Å². The molecule has 2 aliphatic rings. The molecule has 1 unspecified atom stereocenters. The van der Waals surface area contributed by atoms with Crippen LogP contribution in [0.25, 0.3) is 0 Å². The quantitative estimate of drug-likeness (QED) is 0.674. The number of hydrogen-bond donors (Lipinski definition) is 1. The fourth-order valence-corrected chi connectivity index (χ4v) is 2.83. The Labute approximate surface area is 75.1 Å². The van der Waals surface area contributed by atoms with Gasteiger partial charge in [0.05, 0.1) is 0 Å². The monoisotopic (exact) mass is 168 g/mol. The zero-order valence-electron chi connectivity index (χ0n) is 8.05. The average molecular weight is 168 g/mol. The highest BCUT2D eigenvalue weighted by Crippen LogP contribution is 2.40. The predicted octanol–water partition coefficient (Wildman–Crippen LogP) is 1.35. The molecule has 1 aliphatic carbocycles. The third-order valence-corrected chi connectivity index (χ3v) is 3.83. The molecular formula is C10H20N2. The molecule has 1 saturated carbocycles. The minimum Gasteiger partial charge on any atom is -0.329 e. The number of hydrogen-bond acceptors (Lipinski definition) is 2. The number of nitrogens with two attached hydrogens (primary N) is 1. The molecule has 0 bridgehead atoms. The topological polar surface area (TPSA) is 29.3 Å². The summed E-state index contributed by atoms with van der Waals surface area (Å²) in [7, 11) is 0. The summed E-state index contributed by atoms with van der Waals surface area (Å²) in [6.07, 6.45) is 6.83. The molecule has 2 nitrogen and oxygen atoms in total. The van der Waals surface area contributed by atoms with E-state index in [1.54, 1.807) is 0 Å². The summed E-state index contributed by atoms with van der Waals surface area (Å²) in [5.41, 5.74) is 6.30. The van der Waals surface area contributed by atoms with E-state index in [2.05, 4.69) is 11.8 Å². The molecule has 2 rings (SSSR count). The lowest BCUT2D eigenvalue weighted by Crippen LogP contribution is -2.59. The fourth-order valence-electron chi connectivity index (χ4n) is 2.83. The molecule has 2 fully saturated rings. The lowest BCUT2D eigenvalue weighted by molar-refractivity contribution is 0.0182. The lowest BCUT2D eigenvalue weighted by atomic mass is 9.75. The Morgan fingerprint density at radius 1 is 1.42 bits per heavy atom. The van der Waals surface area contributed by atoms with Gasteiger partial charge in [-0.2, -0.15) is 0 Å². The van der Waals surface area contributed by atoms with Gasteiger partial charge >= 0.3 is 0 Å². The van der Waals surface area contributed by atoms with Crippen molar-refractivity contribution in [2.45, 2.75) is 50.6 Å². The molecule has 0 amide bonds. The molecule has 1 atom stereocenters. The summed E-state index contributed by atoms with van der Waals surface area (Å²) in [5.74, 6) is 0. The zero-order valence-corrected chi connectivity index (χ0v) is 8.05. The summed E-state index contributed by atoms with van der Waals surface area (Å²) < 4.78 is 0. The summed E-state index contributed by atoms with van der Waals surface area (Å²) in [5, 5.41) is 0. The van der Waals surface area contributed by atoms with E-state index in [9.17, 15) is 0 Å². The molecule has 0 aromatic heterocycles. The summed E-state index contributed by atoms with van der Waals surface area (Å²) in [6.45, 7) is 4.51. The SMILES string of the molecule is CC1CCCN1C1(CN)CCC1. The van der Waals surface area contributed by atoms with Crippen LogP contribution in [0.1, 0.15) is 39.0 Å². The van der Waals surface area contributed by atoms with Crippen LogP contribution in [0.3, 0.4) is 0 Å². The van der Waals surface area contributed by atoms with Crippen molar-refractivity contribution >= 4 is 0 Å². The van der Waals surface area contributed by atoms with Gasteiger partial charge in [-0.1, -0.05) is 0 Å². The molecule has 2 heteroatoms. The molecule has 70 valence electrons. The Hall–Kier alpha value is -0.0800. The second-order valence-corrected chi connectivity index (χ2v) is 4.47. The Bertz CT molecular complexity index is 158. The highest BCUT2D eigenvalue weighted by atomic mass is 15.3. The second-order valence-electron chi connectivity index (χ2n) is 4.47. The van der Waals surface area contributed by atoms with Crippen LogP contribution in [0.2, 0.25) is 0 Å². The molecule has 2 N–H and O–H groups in total. The van der Waals surface area contributed by atoms with E-state index < -0.39 is 0 Å². The van der Waals surface area contributed by atoms with E-state index in [1.165, 1.54) is 38.6 Å². The van der Waals surface area contributed by atoms with Gasteiger partial charge < -0.3 is 5.73 Å². The normalized spacial score (nSPS) is 35.0. The maximum Gasteiger partial charge on any atom is 0.0334 e. The molecule has 0 spiro atoms. The van der Waals surface area contributed by atoms with Crippen LogP contribution in [0.15, 0.2) is 0 Å². The van der Waals surface area contributed by atoms with Crippen LogP contribution in [0, 0.1) is 0 Å². The first-order chi connectivity index (χ1) is 5.78. The van der Waals surface area contributed by atoms with Crippen molar-refractivity contribution in [3.8, 4) is 0 Å². The lowest BCUT2D eigenvalue weighted by Gasteiger charge is -2.50. The molecule has 1 saturated heterocycles. The van der Waals surface area contributed by atoms with Crippen LogP contribution in [-0.4, -0.2) is 29.6 Å². The van der Waals surface area contributed by atoms with E-state index in [0.717, 1.165) is 12.6 Å². The van der Waals surface area contributed by atoms with E-state index >= 15 is 0 Å². The van der Waals surface area contributed by atoms with Crippen molar-refractivity contribution in [3.63, 3.8) is 0 Å². The van der Waals surface area contributed by atoms with Crippen molar-refractivity contribution in [1.29, 1.82) is 0 Å². The van der Waals surface area contributed by atoms with Crippen molar-refractivity contribution < 1.29 is 0 Å². The smallest absolute Gasteiger partial charge is 0.0334 e.